The van der Waals surface area contributed by atoms with Gasteiger partial charge in [0, 0.05) is 12.1 Å². The van der Waals surface area contributed by atoms with Crippen molar-refractivity contribution in [3.05, 3.63) is 12.2 Å². The maximum Gasteiger partial charge on any atom is 0.330 e. The molecule has 82 valence electrons. The number of rotatable bonds is 7. The average molecular weight is 199 g/mol. The Kier molecular flexibility index (Phi) is 8.24. The lowest BCUT2D eigenvalue weighted by Gasteiger charge is -2.07. The number of hydrogen-bond donors (Lipinski definition) is 1. The smallest absolute Gasteiger partial charge is 0.330 e. The molecule has 3 heteroatoms. The summed E-state index contributed by atoms with van der Waals surface area (Å²) in [6.07, 6.45) is 5.65. The number of esters is 1. The van der Waals surface area contributed by atoms with Crippen molar-refractivity contribution < 1.29 is 9.53 Å². The molecule has 0 spiro atoms. The molecule has 0 aliphatic rings. The maximum absolute atomic E-state index is 10.9. The monoisotopic (exact) mass is 199 g/mol. The minimum atomic E-state index is -0.267. The van der Waals surface area contributed by atoms with Crippen LogP contribution in [0.15, 0.2) is 12.2 Å². The summed E-state index contributed by atoms with van der Waals surface area (Å²) >= 11 is 0. The minimum Gasteiger partial charge on any atom is -0.463 e. The van der Waals surface area contributed by atoms with E-state index in [2.05, 4.69) is 12.2 Å². The summed E-state index contributed by atoms with van der Waals surface area (Å²) in [5.74, 6) is -0.267. The molecular formula is C11H21NO2. The molecule has 0 saturated heterocycles. The lowest BCUT2D eigenvalue weighted by molar-refractivity contribution is -0.137. The normalized spacial score (nSPS) is 13.1. The van der Waals surface area contributed by atoms with Gasteiger partial charge < -0.3 is 10.1 Å². The van der Waals surface area contributed by atoms with Crippen molar-refractivity contribution in [1.82, 2.24) is 5.32 Å². The summed E-state index contributed by atoms with van der Waals surface area (Å²) < 4.78 is 4.76. The van der Waals surface area contributed by atoms with Crippen LogP contribution in [0.4, 0.5) is 0 Å². The van der Waals surface area contributed by atoms with Crippen LogP contribution in [0.5, 0.6) is 0 Å². The Balaban J connectivity index is 3.58. The van der Waals surface area contributed by atoms with Crippen molar-refractivity contribution in [1.29, 1.82) is 0 Å². The van der Waals surface area contributed by atoms with E-state index < -0.39 is 0 Å². The van der Waals surface area contributed by atoms with Crippen molar-refractivity contribution in [2.75, 3.05) is 13.2 Å². The molecule has 0 aliphatic carbocycles. The fourth-order valence-electron chi connectivity index (χ4n) is 0.988. The SMILES string of the molecule is CCCCNC(C)/C=C/C(=O)OCC. The van der Waals surface area contributed by atoms with Gasteiger partial charge in [-0.2, -0.15) is 0 Å². The van der Waals surface area contributed by atoms with Crippen LogP contribution < -0.4 is 5.32 Å². The Hall–Kier alpha value is -0.830. The van der Waals surface area contributed by atoms with Gasteiger partial charge in [-0.1, -0.05) is 19.4 Å². The highest BCUT2D eigenvalue weighted by Crippen LogP contribution is 1.89. The van der Waals surface area contributed by atoms with E-state index >= 15 is 0 Å². The van der Waals surface area contributed by atoms with Gasteiger partial charge in [-0.15, -0.1) is 0 Å². The molecular weight excluding hydrogens is 178 g/mol. The molecule has 0 fully saturated rings. The van der Waals surface area contributed by atoms with Gasteiger partial charge in [-0.3, -0.25) is 0 Å². The van der Waals surface area contributed by atoms with E-state index in [4.69, 9.17) is 4.74 Å². The van der Waals surface area contributed by atoms with Gasteiger partial charge in [0.05, 0.1) is 6.61 Å². The summed E-state index contributed by atoms with van der Waals surface area (Å²) in [6.45, 7) is 7.40. The number of hydrogen-bond acceptors (Lipinski definition) is 3. The molecule has 0 aromatic heterocycles. The Bertz CT molecular complexity index is 178. The lowest BCUT2D eigenvalue weighted by atomic mass is 10.2. The first-order valence-electron chi connectivity index (χ1n) is 5.29. The fraction of sp³-hybridized carbons (Fsp3) is 0.727. The summed E-state index contributed by atoms with van der Waals surface area (Å²) in [6, 6.07) is 0.228. The third kappa shape index (κ3) is 7.80. The molecule has 0 aromatic rings. The topological polar surface area (TPSA) is 38.3 Å². The number of unbranched alkanes of at least 4 members (excludes halogenated alkanes) is 1. The summed E-state index contributed by atoms with van der Waals surface area (Å²) in [5.41, 5.74) is 0. The van der Waals surface area contributed by atoms with Gasteiger partial charge in [0.2, 0.25) is 0 Å². The number of carbonyl (C=O) groups is 1. The molecule has 0 radical (unpaired) electrons. The van der Waals surface area contributed by atoms with Crippen LogP contribution in [-0.2, 0) is 9.53 Å². The molecule has 1 N–H and O–H groups in total. The van der Waals surface area contributed by atoms with Crippen molar-refractivity contribution in [3.8, 4) is 0 Å². The van der Waals surface area contributed by atoms with Crippen LogP contribution in [0.2, 0.25) is 0 Å². The Morgan fingerprint density at radius 2 is 2.21 bits per heavy atom. The predicted octanol–water partition coefficient (Wildman–Crippen LogP) is 1.88. The van der Waals surface area contributed by atoms with E-state index in [9.17, 15) is 4.79 Å². The van der Waals surface area contributed by atoms with Gasteiger partial charge in [-0.25, -0.2) is 4.79 Å². The van der Waals surface area contributed by atoms with Crippen molar-refractivity contribution in [2.45, 2.75) is 39.7 Å². The van der Waals surface area contributed by atoms with Gasteiger partial charge in [0.25, 0.3) is 0 Å². The minimum absolute atomic E-state index is 0.228. The van der Waals surface area contributed by atoms with E-state index in [1.807, 2.05) is 13.0 Å². The summed E-state index contributed by atoms with van der Waals surface area (Å²) in [7, 11) is 0. The first kappa shape index (κ1) is 13.2. The van der Waals surface area contributed by atoms with E-state index in [0.717, 1.165) is 13.0 Å². The second kappa shape index (κ2) is 8.75. The van der Waals surface area contributed by atoms with Crippen LogP contribution in [-0.4, -0.2) is 25.2 Å². The number of carbonyl (C=O) groups excluding carboxylic acids is 1. The quantitative estimate of drug-likeness (QED) is 0.386. The zero-order valence-corrected chi connectivity index (χ0v) is 9.38. The summed E-state index contributed by atoms with van der Waals surface area (Å²) in [4.78, 5) is 10.9. The van der Waals surface area contributed by atoms with Crippen molar-refractivity contribution >= 4 is 5.97 Å². The molecule has 0 aromatic carbocycles. The molecule has 14 heavy (non-hydrogen) atoms. The van der Waals surface area contributed by atoms with E-state index in [1.54, 1.807) is 6.92 Å². The first-order chi connectivity index (χ1) is 6.70. The van der Waals surface area contributed by atoms with Crippen LogP contribution >= 0.6 is 0 Å². The third-order valence-electron chi connectivity index (χ3n) is 1.80. The molecule has 1 atom stereocenters. The highest BCUT2D eigenvalue weighted by Gasteiger charge is 1.97. The molecule has 1 unspecified atom stereocenters. The van der Waals surface area contributed by atoms with E-state index in [1.165, 1.54) is 12.5 Å². The second-order valence-corrected chi connectivity index (χ2v) is 3.21. The Morgan fingerprint density at radius 1 is 1.50 bits per heavy atom. The Morgan fingerprint density at radius 3 is 2.79 bits per heavy atom. The third-order valence-corrected chi connectivity index (χ3v) is 1.80. The van der Waals surface area contributed by atoms with Crippen LogP contribution in [0.1, 0.15) is 33.6 Å². The highest BCUT2D eigenvalue weighted by molar-refractivity contribution is 5.81. The highest BCUT2D eigenvalue weighted by atomic mass is 16.5. The molecule has 0 aliphatic heterocycles. The number of nitrogens with one attached hydrogen (secondary N) is 1. The fourth-order valence-corrected chi connectivity index (χ4v) is 0.988. The maximum atomic E-state index is 10.9. The van der Waals surface area contributed by atoms with Gasteiger partial charge in [0.1, 0.15) is 0 Å². The molecule has 0 saturated carbocycles. The molecule has 3 nitrogen and oxygen atoms in total. The molecule has 0 heterocycles. The first-order valence-corrected chi connectivity index (χ1v) is 5.29. The lowest BCUT2D eigenvalue weighted by Crippen LogP contribution is -2.25. The predicted molar refractivity (Wildman–Crippen MR) is 58.1 cm³/mol. The van der Waals surface area contributed by atoms with Gasteiger partial charge >= 0.3 is 5.97 Å². The zero-order chi connectivity index (χ0) is 10.8. The van der Waals surface area contributed by atoms with Crippen molar-refractivity contribution in [3.63, 3.8) is 0 Å². The second-order valence-electron chi connectivity index (χ2n) is 3.21. The Labute approximate surface area is 86.5 Å². The average Bonchev–Trinajstić information content (AvgIpc) is 2.16. The van der Waals surface area contributed by atoms with Crippen LogP contribution in [0, 0.1) is 0 Å². The zero-order valence-electron chi connectivity index (χ0n) is 9.38. The van der Waals surface area contributed by atoms with Crippen LogP contribution in [0.3, 0.4) is 0 Å². The molecule has 0 amide bonds. The molecule has 0 bridgehead atoms. The van der Waals surface area contributed by atoms with Crippen molar-refractivity contribution in [2.24, 2.45) is 0 Å². The van der Waals surface area contributed by atoms with Gasteiger partial charge in [-0.05, 0) is 26.8 Å². The number of ether oxygens (including phenoxy) is 1. The van der Waals surface area contributed by atoms with E-state index in [0.29, 0.717) is 6.61 Å². The molecule has 0 rings (SSSR count). The largest absolute Gasteiger partial charge is 0.463 e. The van der Waals surface area contributed by atoms with Gasteiger partial charge in [0.15, 0.2) is 0 Å². The standard InChI is InChI=1S/C11H21NO2/c1-4-6-9-12-10(3)7-8-11(13)14-5-2/h7-8,10,12H,4-6,9H2,1-3H3/b8-7+. The van der Waals surface area contributed by atoms with E-state index in [-0.39, 0.29) is 12.0 Å². The van der Waals surface area contributed by atoms with Crippen LogP contribution in [0.25, 0.3) is 0 Å². The summed E-state index contributed by atoms with van der Waals surface area (Å²) in [5, 5.41) is 3.29.